The van der Waals surface area contributed by atoms with E-state index in [-0.39, 0.29) is 23.4 Å². The van der Waals surface area contributed by atoms with E-state index in [1.54, 1.807) is 42.9 Å². The summed E-state index contributed by atoms with van der Waals surface area (Å²) in [6.45, 7) is 0.283. The number of nitrogens with zero attached hydrogens (tertiary/aromatic N) is 2. The molecule has 1 amide bonds. The van der Waals surface area contributed by atoms with Gasteiger partial charge in [-0.3, -0.25) is 19.6 Å². The van der Waals surface area contributed by atoms with Crippen molar-refractivity contribution in [2.75, 3.05) is 6.54 Å². The van der Waals surface area contributed by atoms with E-state index < -0.39 is 17.2 Å². The summed E-state index contributed by atoms with van der Waals surface area (Å²) in [5.74, 6) is -1.46. The first-order valence-corrected chi connectivity index (χ1v) is 9.66. The molecule has 8 heteroatoms. The number of halogens is 1. The number of rotatable bonds is 6. The predicted molar refractivity (Wildman–Crippen MR) is 114 cm³/mol. The van der Waals surface area contributed by atoms with E-state index in [0.29, 0.717) is 18.4 Å². The maximum Gasteiger partial charge on any atom is 0.265 e. The van der Waals surface area contributed by atoms with Crippen molar-refractivity contribution in [3.8, 4) is 5.75 Å². The molecule has 7 nitrogen and oxygen atoms in total. The normalized spacial score (nSPS) is 10.9. The SMILES string of the molecule is O=C(NCCc1cccnc1)c1c(O)c2ncc(Cc3ccc(F)cc3)cc2[nH]c1=O. The molecule has 0 aliphatic heterocycles. The van der Waals surface area contributed by atoms with Crippen molar-refractivity contribution >= 4 is 16.9 Å². The number of pyridine rings is 3. The third-order valence-corrected chi connectivity index (χ3v) is 4.85. The Morgan fingerprint density at radius 3 is 2.65 bits per heavy atom. The largest absolute Gasteiger partial charge is 0.505 e. The van der Waals surface area contributed by atoms with Crippen LogP contribution in [0.25, 0.3) is 11.0 Å². The number of aromatic hydroxyl groups is 1. The van der Waals surface area contributed by atoms with Gasteiger partial charge in [-0.05, 0) is 53.8 Å². The van der Waals surface area contributed by atoms with Crippen LogP contribution in [0.5, 0.6) is 5.75 Å². The van der Waals surface area contributed by atoms with E-state index in [9.17, 15) is 19.1 Å². The standard InChI is InChI=1S/C23H19FN4O3/c24-17-5-3-14(4-6-17)10-16-11-18-20(27-13-16)21(29)19(23(31)28-18)22(30)26-9-7-15-2-1-8-25-12-15/h1-6,8,11-13H,7,9-10H2,(H,26,30)(H2,28,29,31). The zero-order valence-electron chi connectivity index (χ0n) is 16.4. The summed E-state index contributed by atoms with van der Waals surface area (Å²) in [4.78, 5) is 35.8. The first kappa shape index (κ1) is 20.2. The van der Waals surface area contributed by atoms with Crippen molar-refractivity contribution in [1.82, 2.24) is 20.3 Å². The summed E-state index contributed by atoms with van der Waals surface area (Å²) >= 11 is 0. The second-order valence-corrected chi connectivity index (χ2v) is 7.09. The summed E-state index contributed by atoms with van der Waals surface area (Å²) < 4.78 is 13.1. The molecule has 4 aromatic rings. The number of amides is 1. The molecule has 0 aliphatic rings. The van der Waals surface area contributed by atoms with Crippen LogP contribution in [0, 0.1) is 5.82 Å². The molecular formula is C23H19FN4O3. The van der Waals surface area contributed by atoms with Crippen molar-refractivity contribution in [3.05, 3.63) is 99.5 Å². The Morgan fingerprint density at radius 2 is 1.90 bits per heavy atom. The summed E-state index contributed by atoms with van der Waals surface area (Å²) in [7, 11) is 0. The lowest BCUT2D eigenvalue weighted by Crippen LogP contribution is -2.31. The molecule has 0 unspecified atom stereocenters. The molecular weight excluding hydrogens is 399 g/mol. The van der Waals surface area contributed by atoms with Crippen LogP contribution in [-0.4, -0.2) is 32.5 Å². The van der Waals surface area contributed by atoms with E-state index in [2.05, 4.69) is 20.3 Å². The highest BCUT2D eigenvalue weighted by atomic mass is 19.1. The van der Waals surface area contributed by atoms with Gasteiger partial charge in [0.25, 0.3) is 11.5 Å². The topological polar surface area (TPSA) is 108 Å². The maximum atomic E-state index is 13.1. The lowest BCUT2D eigenvalue weighted by Gasteiger charge is -2.09. The fraction of sp³-hybridized carbons (Fsp3) is 0.130. The average Bonchev–Trinajstić information content (AvgIpc) is 2.76. The van der Waals surface area contributed by atoms with E-state index in [1.165, 1.54) is 12.1 Å². The third kappa shape index (κ3) is 4.58. The molecule has 3 heterocycles. The van der Waals surface area contributed by atoms with Gasteiger partial charge in [0.15, 0.2) is 5.75 Å². The Hall–Kier alpha value is -4.07. The Balaban J connectivity index is 1.54. The van der Waals surface area contributed by atoms with Gasteiger partial charge >= 0.3 is 0 Å². The molecule has 156 valence electrons. The molecule has 0 aliphatic carbocycles. The number of H-pyrrole nitrogens is 1. The van der Waals surface area contributed by atoms with Crippen LogP contribution in [0.1, 0.15) is 27.0 Å². The number of nitrogens with one attached hydrogen (secondary N) is 2. The van der Waals surface area contributed by atoms with Crippen molar-refractivity contribution in [3.63, 3.8) is 0 Å². The predicted octanol–water partition coefficient (Wildman–Crippen LogP) is 2.73. The van der Waals surface area contributed by atoms with Gasteiger partial charge in [0.1, 0.15) is 16.9 Å². The first-order valence-electron chi connectivity index (χ1n) is 9.66. The van der Waals surface area contributed by atoms with Crippen molar-refractivity contribution in [2.45, 2.75) is 12.8 Å². The first-order chi connectivity index (χ1) is 15.0. The fourth-order valence-corrected chi connectivity index (χ4v) is 3.30. The van der Waals surface area contributed by atoms with Crippen molar-refractivity contribution < 1.29 is 14.3 Å². The number of aromatic nitrogens is 3. The third-order valence-electron chi connectivity index (χ3n) is 4.85. The number of fused-ring (bicyclic) bond motifs is 1. The van der Waals surface area contributed by atoms with Gasteiger partial charge in [0, 0.05) is 25.1 Å². The molecule has 31 heavy (non-hydrogen) atoms. The highest BCUT2D eigenvalue weighted by molar-refractivity contribution is 6.01. The summed E-state index contributed by atoms with van der Waals surface area (Å²) in [6, 6.07) is 11.4. The Labute approximate surface area is 176 Å². The summed E-state index contributed by atoms with van der Waals surface area (Å²) in [5, 5.41) is 13.2. The van der Waals surface area contributed by atoms with Gasteiger partial charge in [0.2, 0.25) is 0 Å². The molecule has 4 rings (SSSR count). The molecule has 0 radical (unpaired) electrons. The van der Waals surface area contributed by atoms with Crippen LogP contribution in [-0.2, 0) is 12.8 Å². The minimum absolute atomic E-state index is 0.125. The second-order valence-electron chi connectivity index (χ2n) is 7.09. The molecule has 0 fully saturated rings. The molecule has 1 aromatic carbocycles. The van der Waals surface area contributed by atoms with Gasteiger partial charge < -0.3 is 15.4 Å². The number of aromatic amines is 1. The van der Waals surface area contributed by atoms with Crippen molar-refractivity contribution in [1.29, 1.82) is 0 Å². The number of hydrogen-bond donors (Lipinski definition) is 3. The fourth-order valence-electron chi connectivity index (χ4n) is 3.30. The van der Waals surface area contributed by atoms with Crippen LogP contribution >= 0.6 is 0 Å². The molecule has 3 N–H and O–H groups in total. The van der Waals surface area contributed by atoms with Gasteiger partial charge in [-0.1, -0.05) is 18.2 Å². The van der Waals surface area contributed by atoms with E-state index in [1.807, 2.05) is 6.07 Å². The molecule has 3 aromatic heterocycles. The lowest BCUT2D eigenvalue weighted by molar-refractivity contribution is 0.0950. The highest BCUT2D eigenvalue weighted by Gasteiger charge is 2.20. The second kappa shape index (κ2) is 8.74. The van der Waals surface area contributed by atoms with Gasteiger partial charge in [-0.15, -0.1) is 0 Å². The maximum absolute atomic E-state index is 13.1. The molecule has 0 bridgehead atoms. The number of hydrogen-bond acceptors (Lipinski definition) is 5. The van der Waals surface area contributed by atoms with E-state index in [0.717, 1.165) is 16.7 Å². The van der Waals surface area contributed by atoms with Crippen LogP contribution in [0.4, 0.5) is 4.39 Å². The number of carbonyl (C=O) groups is 1. The smallest absolute Gasteiger partial charge is 0.265 e. The quantitative estimate of drug-likeness (QED) is 0.446. The van der Waals surface area contributed by atoms with E-state index in [4.69, 9.17) is 0 Å². The minimum Gasteiger partial charge on any atom is -0.505 e. The monoisotopic (exact) mass is 418 g/mol. The van der Waals surface area contributed by atoms with E-state index >= 15 is 0 Å². The Bertz CT molecular complexity index is 1290. The van der Waals surface area contributed by atoms with Crippen LogP contribution in [0.3, 0.4) is 0 Å². The lowest BCUT2D eigenvalue weighted by atomic mass is 10.1. The van der Waals surface area contributed by atoms with Crippen LogP contribution < -0.4 is 10.9 Å². The van der Waals surface area contributed by atoms with Gasteiger partial charge in [-0.2, -0.15) is 0 Å². The molecule has 0 spiro atoms. The molecule has 0 saturated heterocycles. The summed E-state index contributed by atoms with van der Waals surface area (Å²) in [5.41, 5.74) is 1.94. The number of benzene rings is 1. The molecule has 0 saturated carbocycles. The zero-order chi connectivity index (χ0) is 21.8. The van der Waals surface area contributed by atoms with Crippen LogP contribution in [0.15, 0.2) is 65.8 Å². The Kier molecular flexibility index (Phi) is 5.70. The molecule has 0 atom stereocenters. The summed E-state index contributed by atoms with van der Waals surface area (Å²) in [6.07, 6.45) is 5.92. The van der Waals surface area contributed by atoms with Crippen molar-refractivity contribution in [2.24, 2.45) is 0 Å². The average molecular weight is 418 g/mol. The van der Waals surface area contributed by atoms with Crippen LogP contribution in [0.2, 0.25) is 0 Å². The highest BCUT2D eigenvalue weighted by Crippen LogP contribution is 2.24. The zero-order valence-corrected chi connectivity index (χ0v) is 16.4. The number of carbonyl (C=O) groups excluding carboxylic acids is 1. The van der Waals surface area contributed by atoms with Gasteiger partial charge in [0.05, 0.1) is 5.52 Å². The minimum atomic E-state index is -0.704. The van der Waals surface area contributed by atoms with Gasteiger partial charge in [-0.25, -0.2) is 4.39 Å². The Morgan fingerprint density at radius 1 is 1.10 bits per heavy atom.